The van der Waals surface area contributed by atoms with Gasteiger partial charge in [0.15, 0.2) is 5.78 Å². The fraction of sp³-hybridized carbons (Fsp3) is 0.222. The molecule has 0 N–H and O–H groups in total. The Bertz CT molecular complexity index is 430. The van der Waals surface area contributed by atoms with Crippen LogP contribution in [0.15, 0.2) is 16.6 Å². The van der Waals surface area contributed by atoms with E-state index in [1.54, 1.807) is 0 Å². The first-order valence-electron chi connectivity index (χ1n) is 4.00. The Morgan fingerprint density at radius 3 is 2.53 bits per heavy atom. The van der Waals surface area contributed by atoms with E-state index in [-0.39, 0.29) is 17.0 Å². The highest BCUT2D eigenvalue weighted by Crippen LogP contribution is 2.32. The monoisotopic (exact) mass is 273 g/mol. The summed E-state index contributed by atoms with van der Waals surface area (Å²) in [4.78, 5) is 21.2. The quantitative estimate of drug-likeness (QED) is 0.482. The fourth-order valence-electron chi connectivity index (χ4n) is 1.13. The lowest BCUT2D eigenvalue weighted by molar-refractivity contribution is -0.385. The van der Waals surface area contributed by atoms with Crippen LogP contribution in [0, 0.1) is 10.1 Å². The van der Waals surface area contributed by atoms with Crippen molar-refractivity contribution in [3.05, 3.63) is 32.3 Å². The van der Waals surface area contributed by atoms with Gasteiger partial charge in [-0.05, 0) is 28.9 Å². The third-order valence-electron chi connectivity index (χ3n) is 1.85. The first kappa shape index (κ1) is 11.6. The number of carbonyl (C=O) groups is 1. The number of ketones is 1. The molecule has 0 bridgehead atoms. The zero-order valence-corrected chi connectivity index (χ0v) is 9.70. The van der Waals surface area contributed by atoms with Crippen LogP contribution >= 0.6 is 15.9 Å². The third-order valence-corrected chi connectivity index (χ3v) is 2.47. The van der Waals surface area contributed by atoms with Gasteiger partial charge in [0.25, 0.3) is 5.69 Å². The maximum absolute atomic E-state index is 11.2. The second kappa shape index (κ2) is 4.39. The lowest BCUT2D eigenvalue weighted by Crippen LogP contribution is -2.01. The fourth-order valence-corrected chi connectivity index (χ4v) is 1.64. The number of benzene rings is 1. The molecule has 0 unspecified atom stereocenters. The van der Waals surface area contributed by atoms with Gasteiger partial charge >= 0.3 is 0 Å². The SMILES string of the molecule is COc1cc([N+](=O)[O-])c(C(C)=O)cc1Br. The van der Waals surface area contributed by atoms with Gasteiger partial charge in [0.2, 0.25) is 0 Å². The highest BCUT2D eigenvalue weighted by Gasteiger charge is 2.20. The summed E-state index contributed by atoms with van der Waals surface area (Å²) in [6.45, 7) is 1.28. The van der Waals surface area contributed by atoms with Crippen molar-refractivity contribution in [1.29, 1.82) is 0 Å². The van der Waals surface area contributed by atoms with Crippen LogP contribution in [0.2, 0.25) is 0 Å². The minimum absolute atomic E-state index is 0.0627. The van der Waals surface area contributed by atoms with Crippen LogP contribution in [-0.4, -0.2) is 17.8 Å². The van der Waals surface area contributed by atoms with E-state index in [4.69, 9.17) is 4.74 Å². The van der Waals surface area contributed by atoms with E-state index in [9.17, 15) is 14.9 Å². The number of nitrogens with zero attached hydrogens (tertiary/aromatic N) is 1. The summed E-state index contributed by atoms with van der Waals surface area (Å²) in [5, 5.41) is 10.7. The smallest absolute Gasteiger partial charge is 0.283 e. The van der Waals surface area contributed by atoms with E-state index in [1.807, 2.05) is 0 Å². The van der Waals surface area contributed by atoms with Gasteiger partial charge in [0.05, 0.1) is 28.1 Å². The van der Waals surface area contributed by atoms with Gasteiger partial charge < -0.3 is 4.74 Å². The molecule has 0 heterocycles. The van der Waals surface area contributed by atoms with Gasteiger partial charge in [0, 0.05) is 0 Å². The van der Waals surface area contributed by atoms with Gasteiger partial charge in [0.1, 0.15) is 5.75 Å². The van der Waals surface area contributed by atoms with E-state index >= 15 is 0 Å². The Kier molecular flexibility index (Phi) is 3.41. The molecule has 0 aliphatic rings. The second-order valence-electron chi connectivity index (χ2n) is 2.82. The minimum Gasteiger partial charge on any atom is -0.495 e. The summed E-state index contributed by atoms with van der Waals surface area (Å²) in [6.07, 6.45) is 0. The Balaban J connectivity index is 3.45. The number of Topliss-reactive ketones (excluding diaryl/α,β-unsaturated/α-hetero) is 1. The average Bonchev–Trinajstić information content (AvgIpc) is 2.16. The Labute approximate surface area is 94.3 Å². The van der Waals surface area contributed by atoms with Crippen molar-refractivity contribution in [2.45, 2.75) is 6.92 Å². The predicted molar refractivity (Wildman–Crippen MR) is 57.4 cm³/mol. The lowest BCUT2D eigenvalue weighted by atomic mass is 10.1. The van der Waals surface area contributed by atoms with E-state index in [0.717, 1.165) is 0 Å². The molecule has 0 saturated heterocycles. The second-order valence-corrected chi connectivity index (χ2v) is 3.67. The summed E-state index contributed by atoms with van der Waals surface area (Å²) in [5.74, 6) is -0.0308. The molecule has 80 valence electrons. The largest absolute Gasteiger partial charge is 0.495 e. The van der Waals surface area contributed by atoms with E-state index in [1.165, 1.54) is 26.2 Å². The molecule has 0 fully saturated rings. The Morgan fingerprint density at radius 2 is 2.13 bits per heavy atom. The number of hydrogen-bond acceptors (Lipinski definition) is 4. The molecule has 0 amide bonds. The maximum atomic E-state index is 11.2. The third kappa shape index (κ3) is 2.33. The van der Waals surface area contributed by atoms with Crippen LogP contribution in [0.4, 0.5) is 5.69 Å². The van der Waals surface area contributed by atoms with Crippen molar-refractivity contribution in [1.82, 2.24) is 0 Å². The molecule has 1 aromatic carbocycles. The van der Waals surface area contributed by atoms with Crippen molar-refractivity contribution in [2.75, 3.05) is 7.11 Å². The molecule has 0 aromatic heterocycles. The molecule has 1 rings (SSSR count). The summed E-state index contributed by atoms with van der Waals surface area (Å²) in [5.41, 5.74) is -0.185. The first-order valence-corrected chi connectivity index (χ1v) is 4.79. The molecule has 6 heteroatoms. The zero-order chi connectivity index (χ0) is 11.6. The summed E-state index contributed by atoms with van der Waals surface area (Å²) >= 11 is 3.16. The molecule has 0 radical (unpaired) electrons. The van der Waals surface area contributed by atoms with Crippen LogP contribution in [0.3, 0.4) is 0 Å². The first-order chi connectivity index (χ1) is 6.97. The standard InChI is InChI=1S/C9H8BrNO4/c1-5(12)6-3-7(10)9(15-2)4-8(6)11(13)14/h3-4H,1-2H3. The van der Waals surface area contributed by atoms with Crippen LogP contribution in [-0.2, 0) is 0 Å². The Morgan fingerprint density at radius 1 is 1.53 bits per heavy atom. The molecule has 1 aromatic rings. The van der Waals surface area contributed by atoms with Gasteiger partial charge in [-0.2, -0.15) is 0 Å². The maximum Gasteiger partial charge on any atom is 0.283 e. The molecule has 5 nitrogen and oxygen atoms in total. The topological polar surface area (TPSA) is 69.4 Å². The molecule has 0 saturated carbocycles. The molecule has 15 heavy (non-hydrogen) atoms. The van der Waals surface area contributed by atoms with Crippen LogP contribution in [0.1, 0.15) is 17.3 Å². The van der Waals surface area contributed by atoms with Crippen LogP contribution < -0.4 is 4.74 Å². The normalized spacial score (nSPS) is 9.80. The molecule has 0 spiro atoms. The number of ether oxygens (including phenoxy) is 1. The molecular weight excluding hydrogens is 266 g/mol. The van der Waals surface area contributed by atoms with Gasteiger partial charge in [-0.3, -0.25) is 14.9 Å². The number of carbonyl (C=O) groups excluding carboxylic acids is 1. The minimum atomic E-state index is -0.605. The molecule has 0 aliphatic heterocycles. The molecule has 0 atom stereocenters. The number of hydrogen-bond donors (Lipinski definition) is 0. The zero-order valence-electron chi connectivity index (χ0n) is 8.11. The van der Waals surface area contributed by atoms with Crippen molar-refractivity contribution >= 4 is 27.4 Å². The van der Waals surface area contributed by atoms with Crippen molar-refractivity contribution in [3.63, 3.8) is 0 Å². The highest BCUT2D eigenvalue weighted by molar-refractivity contribution is 9.10. The predicted octanol–water partition coefficient (Wildman–Crippen LogP) is 2.57. The van der Waals surface area contributed by atoms with E-state index in [0.29, 0.717) is 10.2 Å². The van der Waals surface area contributed by atoms with Gasteiger partial charge in [-0.1, -0.05) is 0 Å². The number of nitro benzene ring substituents is 1. The van der Waals surface area contributed by atoms with Crippen LogP contribution in [0.25, 0.3) is 0 Å². The molecular formula is C9H8BrNO4. The van der Waals surface area contributed by atoms with E-state index < -0.39 is 4.92 Å². The van der Waals surface area contributed by atoms with Crippen molar-refractivity contribution in [3.8, 4) is 5.75 Å². The number of halogens is 1. The number of rotatable bonds is 3. The summed E-state index contributed by atoms with van der Waals surface area (Å²) in [6, 6.07) is 2.61. The van der Waals surface area contributed by atoms with Crippen LogP contribution in [0.5, 0.6) is 5.75 Å². The average molecular weight is 274 g/mol. The van der Waals surface area contributed by atoms with Gasteiger partial charge in [-0.25, -0.2) is 0 Å². The summed E-state index contributed by atoms with van der Waals surface area (Å²) in [7, 11) is 1.40. The number of nitro groups is 1. The van der Waals surface area contributed by atoms with Gasteiger partial charge in [-0.15, -0.1) is 0 Å². The Hall–Kier alpha value is -1.43. The number of methoxy groups -OCH3 is 1. The van der Waals surface area contributed by atoms with E-state index in [2.05, 4.69) is 15.9 Å². The van der Waals surface area contributed by atoms with Crippen molar-refractivity contribution < 1.29 is 14.5 Å². The lowest BCUT2D eigenvalue weighted by Gasteiger charge is -2.05. The molecule has 0 aliphatic carbocycles. The highest BCUT2D eigenvalue weighted by atomic mass is 79.9. The summed E-state index contributed by atoms with van der Waals surface area (Å²) < 4.78 is 5.42. The van der Waals surface area contributed by atoms with Crippen molar-refractivity contribution in [2.24, 2.45) is 0 Å².